The van der Waals surface area contributed by atoms with Gasteiger partial charge in [-0.25, -0.2) is 12.7 Å². The highest BCUT2D eigenvalue weighted by Crippen LogP contribution is 2.12. The Morgan fingerprint density at radius 3 is 2.29 bits per heavy atom. The molecule has 1 N–H and O–H groups in total. The number of carbonyl (C=O) groups is 1. The zero-order chi connectivity index (χ0) is 15.2. The first-order valence-electron chi connectivity index (χ1n) is 7.44. The number of nitrogens with one attached hydrogen (secondary N) is 1. The first-order valence-corrected chi connectivity index (χ1v) is 9.05. The van der Waals surface area contributed by atoms with E-state index in [1.54, 1.807) is 18.7 Å². The van der Waals surface area contributed by atoms with Crippen LogP contribution in [0.25, 0.3) is 0 Å². The molecule has 6 nitrogen and oxygen atoms in total. The molecule has 0 aromatic heterocycles. The zero-order valence-electron chi connectivity index (χ0n) is 13.2. The summed E-state index contributed by atoms with van der Waals surface area (Å²) in [7, 11) is -3.49. The second kappa shape index (κ2) is 9.61. The fourth-order valence-corrected chi connectivity index (χ4v) is 4.05. The molecular weight excluding hydrogens is 314 g/mol. The predicted octanol–water partition coefficient (Wildman–Crippen LogP) is 0.680. The van der Waals surface area contributed by atoms with E-state index >= 15 is 0 Å². The lowest BCUT2D eigenvalue weighted by Gasteiger charge is -2.29. The van der Waals surface area contributed by atoms with E-state index in [2.05, 4.69) is 5.32 Å². The second-order valence-electron chi connectivity index (χ2n) is 5.07. The van der Waals surface area contributed by atoms with Gasteiger partial charge in [-0.15, -0.1) is 12.4 Å². The van der Waals surface area contributed by atoms with E-state index < -0.39 is 15.8 Å². The summed E-state index contributed by atoms with van der Waals surface area (Å²) < 4.78 is 25.7. The standard InChI is InChI=1S/C13H27N3O3S.ClH/c1-4-9-16(12-7-8-14-10-12)13(17)11-20(18,19)15(5-2)6-3;/h12,14H,4-11H2,1-3H3;1H. The number of sulfonamides is 1. The zero-order valence-corrected chi connectivity index (χ0v) is 14.8. The van der Waals surface area contributed by atoms with Gasteiger partial charge in [-0.2, -0.15) is 0 Å². The maximum Gasteiger partial charge on any atom is 0.239 e. The first kappa shape index (κ1) is 20.6. The van der Waals surface area contributed by atoms with Gasteiger partial charge in [-0.05, 0) is 19.4 Å². The summed E-state index contributed by atoms with van der Waals surface area (Å²) in [6, 6.07) is 0.134. The van der Waals surface area contributed by atoms with Crippen molar-refractivity contribution in [1.82, 2.24) is 14.5 Å². The lowest BCUT2D eigenvalue weighted by molar-refractivity contribution is -0.130. The number of hydrogen-bond acceptors (Lipinski definition) is 4. The number of rotatable bonds is 8. The van der Waals surface area contributed by atoms with Crippen LogP contribution in [-0.4, -0.2) is 68.0 Å². The molecule has 0 saturated carbocycles. The van der Waals surface area contributed by atoms with Gasteiger partial charge in [0.05, 0.1) is 0 Å². The van der Waals surface area contributed by atoms with Crippen LogP contribution in [0, 0.1) is 0 Å². The largest absolute Gasteiger partial charge is 0.337 e. The minimum absolute atomic E-state index is 0. The maximum atomic E-state index is 12.4. The van der Waals surface area contributed by atoms with E-state index in [0.717, 1.165) is 25.9 Å². The molecule has 8 heteroatoms. The van der Waals surface area contributed by atoms with Crippen LogP contribution in [0.2, 0.25) is 0 Å². The molecule has 1 rings (SSSR count). The van der Waals surface area contributed by atoms with Crippen molar-refractivity contribution in [2.75, 3.05) is 38.5 Å². The highest BCUT2D eigenvalue weighted by molar-refractivity contribution is 7.89. The Morgan fingerprint density at radius 1 is 1.24 bits per heavy atom. The number of amides is 1. The summed E-state index contributed by atoms with van der Waals surface area (Å²) in [5, 5.41) is 3.22. The summed E-state index contributed by atoms with van der Waals surface area (Å²) in [6.07, 6.45) is 1.74. The molecule has 0 radical (unpaired) electrons. The third-order valence-electron chi connectivity index (χ3n) is 3.66. The highest BCUT2D eigenvalue weighted by atomic mass is 35.5. The maximum absolute atomic E-state index is 12.4. The van der Waals surface area contributed by atoms with Crippen molar-refractivity contribution in [2.45, 2.75) is 39.7 Å². The summed E-state index contributed by atoms with van der Waals surface area (Å²) >= 11 is 0. The molecule has 0 aliphatic carbocycles. The normalized spacial score (nSPS) is 18.6. The van der Waals surface area contributed by atoms with Crippen LogP contribution in [0.4, 0.5) is 0 Å². The van der Waals surface area contributed by atoms with E-state index in [1.165, 1.54) is 4.31 Å². The van der Waals surface area contributed by atoms with Gasteiger partial charge in [0.25, 0.3) is 0 Å². The Labute approximate surface area is 134 Å². The molecule has 126 valence electrons. The topological polar surface area (TPSA) is 69.7 Å². The molecule has 0 aromatic carbocycles. The van der Waals surface area contributed by atoms with Gasteiger partial charge in [0.1, 0.15) is 5.75 Å². The third kappa shape index (κ3) is 5.73. The number of nitrogens with zero attached hydrogens (tertiary/aromatic N) is 2. The van der Waals surface area contributed by atoms with Crippen molar-refractivity contribution in [1.29, 1.82) is 0 Å². The van der Waals surface area contributed by atoms with Gasteiger partial charge in [0.2, 0.25) is 15.9 Å². The molecule has 0 aromatic rings. The molecule has 0 bridgehead atoms. The Balaban J connectivity index is 0.00000400. The van der Waals surface area contributed by atoms with E-state index in [1.807, 2.05) is 6.92 Å². The summed E-state index contributed by atoms with van der Waals surface area (Å²) in [4.78, 5) is 14.1. The van der Waals surface area contributed by atoms with Crippen LogP contribution < -0.4 is 5.32 Å². The molecule has 1 amide bonds. The van der Waals surface area contributed by atoms with Gasteiger partial charge in [0.15, 0.2) is 0 Å². The first-order chi connectivity index (χ1) is 9.46. The van der Waals surface area contributed by atoms with E-state index in [-0.39, 0.29) is 24.4 Å². The number of carbonyl (C=O) groups excluding carboxylic acids is 1. The Kier molecular flexibility index (Phi) is 9.44. The monoisotopic (exact) mass is 341 g/mol. The SMILES string of the molecule is CCCN(C(=O)CS(=O)(=O)N(CC)CC)C1CCNC1.Cl. The van der Waals surface area contributed by atoms with Crippen molar-refractivity contribution in [3.63, 3.8) is 0 Å². The van der Waals surface area contributed by atoms with Crippen molar-refractivity contribution in [2.24, 2.45) is 0 Å². The van der Waals surface area contributed by atoms with E-state index in [0.29, 0.717) is 19.6 Å². The van der Waals surface area contributed by atoms with Crippen LogP contribution in [0.3, 0.4) is 0 Å². The molecule has 1 saturated heterocycles. The van der Waals surface area contributed by atoms with Crippen LogP contribution >= 0.6 is 12.4 Å². The molecule has 21 heavy (non-hydrogen) atoms. The van der Waals surface area contributed by atoms with E-state index in [4.69, 9.17) is 0 Å². The van der Waals surface area contributed by atoms with Crippen LogP contribution in [0.15, 0.2) is 0 Å². The predicted molar refractivity (Wildman–Crippen MR) is 87.2 cm³/mol. The Morgan fingerprint density at radius 2 is 1.86 bits per heavy atom. The lowest BCUT2D eigenvalue weighted by Crippen LogP contribution is -2.47. The second-order valence-corrected chi connectivity index (χ2v) is 7.04. The quantitative estimate of drug-likeness (QED) is 0.705. The van der Waals surface area contributed by atoms with Crippen LogP contribution in [-0.2, 0) is 14.8 Å². The highest BCUT2D eigenvalue weighted by Gasteiger charge is 2.30. The average molecular weight is 342 g/mol. The molecule has 0 spiro atoms. The molecule has 1 aliphatic heterocycles. The van der Waals surface area contributed by atoms with Gasteiger partial charge < -0.3 is 10.2 Å². The Bertz CT molecular complexity index is 407. The molecule has 1 unspecified atom stereocenters. The lowest BCUT2D eigenvalue weighted by atomic mass is 10.2. The van der Waals surface area contributed by atoms with E-state index in [9.17, 15) is 13.2 Å². The van der Waals surface area contributed by atoms with Gasteiger partial charge >= 0.3 is 0 Å². The van der Waals surface area contributed by atoms with Crippen LogP contribution in [0.5, 0.6) is 0 Å². The average Bonchev–Trinajstić information content (AvgIpc) is 2.89. The van der Waals surface area contributed by atoms with Gasteiger partial charge in [0, 0.05) is 32.2 Å². The smallest absolute Gasteiger partial charge is 0.239 e. The van der Waals surface area contributed by atoms with Gasteiger partial charge in [-0.1, -0.05) is 20.8 Å². The molecule has 1 heterocycles. The summed E-state index contributed by atoms with van der Waals surface area (Å²) in [5.74, 6) is -0.682. The molecular formula is C13H28ClN3O3S. The molecule has 1 atom stereocenters. The summed E-state index contributed by atoms with van der Waals surface area (Å²) in [6.45, 7) is 8.67. The minimum Gasteiger partial charge on any atom is -0.337 e. The Hall–Kier alpha value is -0.370. The van der Waals surface area contributed by atoms with Crippen molar-refractivity contribution in [3.8, 4) is 0 Å². The third-order valence-corrected chi connectivity index (χ3v) is 5.58. The van der Waals surface area contributed by atoms with Crippen molar-refractivity contribution < 1.29 is 13.2 Å². The number of halogens is 1. The van der Waals surface area contributed by atoms with Crippen molar-refractivity contribution in [3.05, 3.63) is 0 Å². The fraction of sp³-hybridized carbons (Fsp3) is 0.923. The fourth-order valence-electron chi connectivity index (χ4n) is 2.60. The summed E-state index contributed by atoms with van der Waals surface area (Å²) in [5.41, 5.74) is 0. The van der Waals surface area contributed by atoms with Crippen molar-refractivity contribution >= 4 is 28.3 Å². The number of hydrogen-bond donors (Lipinski definition) is 1. The minimum atomic E-state index is -3.49. The van der Waals surface area contributed by atoms with Gasteiger partial charge in [-0.3, -0.25) is 4.79 Å². The molecule has 1 fully saturated rings. The van der Waals surface area contributed by atoms with Crippen LogP contribution in [0.1, 0.15) is 33.6 Å². The molecule has 1 aliphatic rings.